The van der Waals surface area contributed by atoms with Crippen LogP contribution < -0.4 is 4.90 Å². The lowest BCUT2D eigenvalue weighted by Crippen LogP contribution is -2.33. The number of carbonyl (C=O) groups is 2. The number of hydrogen-bond acceptors (Lipinski definition) is 4. The quantitative estimate of drug-likeness (QED) is 0.779. The van der Waals surface area contributed by atoms with Crippen molar-refractivity contribution in [1.82, 2.24) is 0 Å². The molecule has 0 radical (unpaired) electrons. The molecule has 0 spiro atoms. The maximum Gasteiger partial charge on any atom is 0.316 e. The molecule has 1 N–H and O–H groups in total. The summed E-state index contributed by atoms with van der Waals surface area (Å²) in [7, 11) is 0. The molecule has 0 aliphatic heterocycles. The first kappa shape index (κ1) is 16.1. The highest BCUT2D eigenvalue weighted by Crippen LogP contribution is 2.18. The number of hydrogen-bond donors (Lipinski definition) is 1. The molecule has 0 saturated heterocycles. The van der Waals surface area contributed by atoms with Crippen LogP contribution in [0.2, 0.25) is 0 Å². The molecule has 0 aliphatic carbocycles. The highest BCUT2D eigenvalue weighted by Gasteiger charge is 2.20. The number of carboxylic acids is 1. The maximum absolute atomic E-state index is 12.1. The van der Waals surface area contributed by atoms with Crippen molar-refractivity contribution in [3.05, 3.63) is 30.3 Å². The van der Waals surface area contributed by atoms with Gasteiger partial charge in [0.05, 0.1) is 11.8 Å². The topological polar surface area (TPSA) is 81.4 Å². The summed E-state index contributed by atoms with van der Waals surface area (Å²) in [6, 6.07) is 10.8. The average Bonchev–Trinajstić information content (AvgIpc) is 2.45. The molecule has 1 atom stereocenters. The number of benzene rings is 1. The summed E-state index contributed by atoms with van der Waals surface area (Å²) in [5, 5.41) is 17.2. The predicted octanol–water partition coefficient (Wildman–Crippen LogP) is 2.14. The van der Waals surface area contributed by atoms with Gasteiger partial charge in [-0.05, 0) is 18.6 Å². The zero-order chi connectivity index (χ0) is 15.0. The minimum Gasteiger partial charge on any atom is -0.480 e. The molecule has 1 rings (SSSR count). The molecule has 6 heteroatoms. The van der Waals surface area contributed by atoms with Crippen LogP contribution in [0, 0.1) is 11.3 Å². The fourth-order valence-electron chi connectivity index (χ4n) is 1.62. The molecule has 0 aromatic heterocycles. The number of anilines is 1. The monoisotopic (exact) mass is 292 g/mol. The highest BCUT2D eigenvalue weighted by molar-refractivity contribution is 8.01. The van der Waals surface area contributed by atoms with Crippen LogP contribution in [0.5, 0.6) is 0 Å². The first-order valence-corrected chi connectivity index (χ1v) is 7.21. The fourth-order valence-corrected chi connectivity index (χ4v) is 2.49. The Kier molecular flexibility index (Phi) is 6.60. The van der Waals surface area contributed by atoms with E-state index in [0.717, 1.165) is 11.8 Å². The predicted molar refractivity (Wildman–Crippen MR) is 78.6 cm³/mol. The summed E-state index contributed by atoms with van der Waals surface area (Å²) in [6.07, 6.45) is 0.455. The van der Waals surface area contributed by atoms with Gasteiger partial charge in [-0.1, -0.05) is 25.1 Å². The first-order chi connectivity index (χ1) is 9.60. The Morgan fingerprint density at radius 1 is 1.40 bits per heavy atom. The molecular formula is C14H16N2O3S. The molecular weight excluding hydrogens is 276 g/mol. The number of carbonyl (C=O) groups excluding carboxylic acids is 1. The number of thioether (sulfide) groups is 1. The third-order valence-electron chi connectivity index (χ3n) is 2.65. The lowest BCUT2D eigenvalue weighted by Gasteiger charge is -2.20. The molecule has 1 unspecified atom stereocenters. The van der Waals surface area contributed by atoms with Crippen LogP contribution in [0.3, 0.4) is 0 Å². The SMILES string of the molecule is CCC(SCC(=O)N(CC#N)c1ccccc1)C(=O)O. The lowest BCUT2D eigenvalue weighted by molar-refractivity contribution is -0.136. The number of para-hydroxylation sites is 1. The zero-order valence-corrected chi connectivity index (χ0v) is 12.0. The van der Waals surface area contributed by atoms with Crippen LogP contribution in [0.15, 0.2) is 30.3 Å². The summed E-state index contributed by atoms with van der Waals surface area (Å²) in [6.45, 7) is 1.72. The van der Waals surface area contributed by atoms with Crippen molar-refractivity contribution >= 4 is 29.3 Å². The minimum absolute atomic E-state index is 0.0430. The largest absolute Gasteiger partial charge is 0.480 e. The first-order valence-electron chi connectivity index (χ1n) is 6.17. The molecule has 0 bridgehead atoms. The minimum atomic E-state index is -0.920. The zero-order valence-electron chi connectivity index (χ0n) is 11.2. The van der Waals surface area contributed by atoms with Gasteiger partial charge in [0.15, 0.2) is 0 Å². The smallest absolute Gasteiger partial charge is 0.316 e. The Morgan fingerprint density at radius 3 is 2.55 bits per heavy atom. The molecule has 1 aromatic carbocycles. The van der Waals surface area contributed by atoms with Crippen molar-refractivity contribution in [1.29, 1.82) is 5.26 Å². The van der Waals surface area contributed by atoms with Gasteiger partial charge in [0.1, 0.15) is 11.8 Å². The van der Waals surface area contributed by atoms with E-state index in [2.05, 4.69) is 0 Å². The van der Waals surface area contributed by atoms with Gasteiger partial charge < -0.3 is 5.11 Å². The third kappa shape index (κ3) is 4.59. The van der Waals surface area contributed by atoms with Gasteiger partial charge in [-0.3, -0.25) is 14.5 Å². The van der Waals surface area contributed by atoms with Crippen LogP contribution in [0.1, 0.15) is 13.3 Å². The molecule has 106 valence electrons. The number of aliphatic carboxylic acids is 1. The summed E-state index contributed by atoms with van der Waals surface area (Å²) >= 11 is 1.09. The van der Waals surface area contributed by atoms with Gasteiger partial charge in [-0.15, -0.1) is 11.8 Å². The van der Waals surface area contributed by atoms with Gasteiger partial charge >= 0.3 is 5.97 Å². The van der Waals surface area contributed by atoms with E-state index >= 15 is 0 Å². The van der Waals surface area contributed by atoms with E-state index in [1.165, 1.54) is 4.90 Å². The van der Waals surface area contributed by atoms with E-state index in [9.17, 15) is 9.59 Å². The summed E-state index contributed by atoms with van der Waals surface area (Å²) in [5.41, 5.74) is 0.642. The van der Waals surface area contributed by atoms with Crippen molar-refractivity contribution in [3.8, 4) is 6.07 Å². The van der Waals surface area contributed by atoms with Crippen LogP contribution in [0.25, 0.3) is 0 Å². The van der Waals surface area contributed by atoms with Gasteiger partial charge in [-0.25, -0.2) is 0 Å². The molecule has 5 nitrogen and oxygen atoms in total. The number of nitrogens with zero attached hydrogens (tertiary/aromatic N) is 2. The Bertz CT molecular complexity index is 499. The summed E-state index contributed by atoms with van der Waals surface area (Å²) in [5.74, 6) is -1.14. The highest BCUT2D eigenvalue weighted by atomic mass is 32.2. The standard InChI is InChI=1S/C14H16N2O3S/c1-2-12(14(18)19)20-10-13(17)16(9-8-15)11-6-4-3-5-7-11/h3-7,12H,2,9-10H2,1H3,(H,18,19). The lowest BCUT2D eigenvalue weighted by atomic mass is 10.3. The van der Waals surface area contributed by atoms with Crippen LogP contribution in [-0.4, -0.2) is 34.5 Å². The van der Waals surface area contributed by atoms with E-state index in [1.54, 1.807) is 31.2 Å². The van der Waals surface area contributed by atoms with Crippen molar-refractivity contribution < 1.29 is 14.7 Å². The summed E-state index contributed by atoms with van der Waals surface area (Å²) < 4.78 is 0. The molecule has 0 aliphatic rings. The normalized spacial score (nSPS) is 11.4. The van der Waals surface area contributed by atoms with Crippen molar-refractivity contribution in [2.24, 2.45) is 0 Å². The molecule has 0 fully saturated rings. The molecule has 1 amide bonds. The van der Waals surface area contributed by atoms with Gasteiger partial charge in [0.25, 0.3) is 0 Å². The van der Waals surface area contributed by atoms with Crippen LogP contribution >= 0.6 is 11.8 Å². The second-order valence-electron chi connectivity index (χ2n) is 4.02. The van der Waals surface area contributed by atoms with Crippen LogP contribution in [0.4, 0.5) is 5.69 Å². The Hall–Kier alpha value is -2.00. The molecule has 20 heavy (non-hydrogen) atoms. The van der Waals surface area contributed by atoms with Gasteiger partial charge in [0.2, 0.25) is 5.91 Å². The Balaban J connectivity index is 2.71. The van der Waals surface area contributed by atoms with Gasteiger partial charge in [0, 0.05) is 5.69 Å². The Labute approximate surface area is 122 Å². The van der Waals surface area contributed by atoms with Crippen LogP contribution in [-0.2, 0) is 9.59 Å². The number of rotatable bonds is 7. The maximum atomic E-state index is 12.1. The number of amides is 1. The molecule has 0 saturated carbocycles. The van der Waals surface area contributed by atoms with E-state index < -0.39 is 11.2 Å². The van der Waals surface area contributed by atoms with Gasteiger partial charge in [-0.2, -0.15) is 5.26 Å². The van der Waals surface area contributed by atoms with E-state index in [1.807, 2.05) is 12.1 Å². The van der Waals surface area contributed by atoms with Crippen molar-refractivity contribution in [2.45, 2.75) is 18.6 Å². The van der Waals surface area contributed by atoms with E-state index in [4.69, 9.17) is 10.4 Å². The fraction of sp³-hybridized carbons (Fsp3) is 0.357. The second kappa shape index (κ2) is 8.23. The van der Waals surface area contributed by atoms with Crippen molar-refractivity contribution in [2.75, 3.05) is 17.2 Å². The number of nitriles is 1. The van der Waals surface area contributed by atoms with E-state index in [-0.39, 0.29) is 18.2 Å². The van der Waals surface area contributed by atoms with Crippen molar-refractivity contribution in [3.63, 3.8) is 0 Å². The Morgan fingerprint density at radius 2 is 2.05 bits per heavy atom. The number of carboxylic acid groups (broad SMARTS) is 1. The molecule has 1 aromatic rings. The third-order valence-corrected chi connectivity index (χ3v) is 4.00. The average molecular weight is 292 g/mol. The summed E-state index contributed by atoms with van der Waals surface area (Å²) in [4.78, 5) is 24.4. The second-order valence-corrected chi connectivity index (χ2v) is 5.21. The van der Waals surface area contributed by atoms with E-state index in [0.29, 0.717) is 12.1 Å². The molecule has 0 heterocycles.